The molecule has 3 nitrogen and oxygen atoms in total. The number of halogens is 2. The number of piperidine rings is 1. The predicted molar refractivity (Wildman–Crippen MR) is 51.8 cm³/mol. The number of rotatable bonds is 1. The first kappa shape index (κ1) is 10.8. The van der Waals surface area contributed by atoms with E-state index in [0.29, 0.717) is 13.1 Å². The second kappa shape index (κ2) is 4.04. The molecule has 0 aromatic carbocycles. The molecule has 0 unspecified atom stereocenters. The standard InChI is InChI=1S/C10H16F2N2O/c11-8(12)9(15)14-6-3-10(4-7-14)2-1-5-13-10/h8,13H,1-7H2. The molecule has 2 heterocycles. The van der Waals surface area contributed by atoms with Gasteiger partial charge in [-0.15, -0.1) is 0 Å². The summed E-state index contributed by atoms with van der Waals surface area (Å²) in [5, 5.41) is 3.44. The summed E-state index contributed by atoms with van der Waals surface area (Å²) in [6.07, 6.45) is 1.04. The van der Waals surface area contributed by atoms with Crippen molar-refractivity contribution in [3.05, 3.63) is 0 Å². The number of hydrogen-bond donors (Lipinski definition) is 1. The summed E-state index contributed by atoms with van der Waals surface area (Å²) < 4.78 is 24.3. The third-order valence-corrected chi connectivity index (χ3v) is 3.55. The minimum absolute atomic E-state index is 0.138. The van der Waals surface area contributed by atoms with Gasteiger partial charge in [-0.25, -0.2) is 0 Å². The molecule has 0 aliphatic carbocycles. The van der Waals surface area contributed by atoms with Crippen LogP contribution in [-0.4, -0.2) is 42.4 Å². The van der Waals surface area contributed by atoms with Gasteiger partial charge in [-0.3, -0.25) is 4.79 Å². The minimum Gasteiger partial charge on any atom is -0.338 e. The number of likely N-dealkylation sites (tertiary alicyclic amines) is 1. The molecule has 1 amide bonds. The van der Waals surface area contributed by atoms with Gasteiger partial charge >= 0.3 is 6.43 Å². The van der Waals surface area contributed by atoms with Crippen LogP contribution in [-0.2, 0) is 4.79 Å². The van der Waals surface area contributed by atoms with E-state index in [0.717, 1.165) is 32.2 Å². The van der Waals surface area contributed by atoms with Gasteiger partial charge in [-0.2, -0.15) is 8.78 Å². The van der Waals surface area contributed by atoms with E-state index < -0.39 is 12.3 Å². The molecule has 2 saturated heterocycles. The molecule has 0 radical (unpaired) electrons. The fourth-order valence-electron chi connectivity index (χ4n) is 2.59. The van der Waals surface area contributed by atoms with Crippen LogP contribution in [0.4, 0.5) is 8.78 Å². The average Bonchev–Trinajstić information content (AvgIpc) is 2.67. The molecule has 0 saturated carbocycles. The van der Waals surface area contributed by atoms with Gasteiger partial charge < -0.3 is 10.2 Å². The van der Waals surface area contributed by atoms with Gasteiger partial charge in [0.2, 0.25) is 0 Å². The Morgan fingerprint density at radius 3 is 2.40 bits per heavy atom. The van der Waals surface area contributed by atoms with E-state index in [2.05, 4.69) is 5.32 Å². The molecule has 2 fully saturated rings. The Bertz CT molecular complexity index is 242. The topological polar surface area (TPSA) is 32.3 Å². The Hall–Kier alpha value is -0.710. The molecule has 0 aromatic rings. The molecule has 86 valence electrons. The van der Waals surface area contributed by atoms with Gasteiger partial charge in [0.1, 0.15) is 0 Å². The summed E-state index contributed by atoms with van der Waals surface area (Å²) in [5.74, 6) is -1.01. The van der Waals surface area contributed by atoms with Crippen molar-refractivity contribution in [1.29, 1.82) is 0 Å². The third-order valence-electron chi connectivity index (χ3n) is 3.55. The van der Waals surface area contributed by atoms with E-state index in [1.807, 2.05) is 0 Å². The van der Waals surface area contributed by atoms with Crippen molar-refractivity contribution in [2.75, 3.05) is 19.6 Å². The summed E-state index contributed by atoms with van der Waals surface area (Å²) in [7, 11) is 0. The van der Waals surface area contributed by atoms with Crippen molar-refractivity contribution in [1.82, 2.24) is 10.2 Å². The number of alkyl halides is 2. The highest BCUT2D eigenvalue weighted by atomic mass is 19.3. The van der Waals surface area contributed by atoms with E-state index >= 15 is 0 Å². The molecule has 1 spiro atoms. The number of nitrogens with one attached hydrogen (secondary N) is 1. The maximum atomic E-state index is 12.2. The highest BCUT2D eigenvalue weighted by molar-refractivity contribution is 5.79. The maximum Gasteiger partial charge on any atom is 0.315 e. The smallest absolute Gasteiger partial charge is 0.315 e. The average molecular weight is 218 g/mol. The van der Waals surface area contributed by atoms with Crippen LogP contribution >= 0.6 is 0 Å². The SMILES string of the molecule is O=C(C(F)F)N1CCC2(CCCN2)CC1. The Labute approximate surface area is 87.8 Å². The van der Waals surface area contributed by atoms with Gasteiger partial charge in [-0.05, 0) is 32.2 Å². The zero-order chi connectivity index (χ0) is 10.9. The van der Waals surface area contributed by atoms with Crippen molar-refractivity contribution in [2.45, 2.75) is 37.6 Å². The van der Waals surface area contributed by atoms with Crippen molar-refractivity contribution in [2.24, 2.45) is 0 Å². The molecule has 2 aliphatic heterocycles. The Morgan fingerprint density at radius 2 is 1.93 bits per heavy atom. The van der Waals surface area contributed by atoms with Gasteiger partial charge in [0, 0.05) is 18.6 Å². The van der Waals surface area contributed by atoms with E-state index in [9.17, 15) is 13.6 Å². The van der Waals surface area contributed by atoms with Gasteiger partial charge in [0.05, 0.1) is 0 Å². The molecular formula is C10H16F2N2O. The summed E-state index contributed by atoms with van der Waals surface area (Å²) >= 11 is 0. The lowest BCUT2D eigenvalue weighted by Crippen LogP contribution is -2.52. The van der Waals surface area contributed by atoms with Crippen LogP contribution in [0.1, 0.15) is 25.7 Å². The van der Waals surface area contributed by atoms with E-state index in [1.54, 1.807) is 0 Å². The largest absolute Gasteiger partial charge is 0.338 e. The quantitative estimate of drug-likeness (QED) is 0.712. The molecule has 2 aliphatic rings. The third kappa shape index (κ3) is 2.12. The highest BCUT2D eigenvalue weighted by Crippen LogP contribution is 2.30. The lowest BCUT2D eigenvalue weighted by atomic mass is 9.86. The maximum absolute atomic E-state index is 12.2. The first-order valence-electron chi connectivity index (χ1n) is 5.45. The van der Waals surface area contributed by atoms with Crippen molar-refractivity contribution in [3.63, 3.8) is 0 Å². The number of amides is 1. The van der Waals surface area contributed by atoms with Crippen LogP contribution in [0.5, 0.6) is 0 Å². The molecule has 2 rings (SSSR count). The van der Waals surface area contributed by atoms with Crippen molar-refractivity contribution < 1.29 is 13.6 Å². The first-order chi connectivity index (χ1) is 7.13. The second-order valence-electron chi connectivity index (χ2n) is 4.44. The summed E-state index contributed by atoms with van der Waals surface area (Å²) in [6.45, 7) is 1.95. The molecule has 5 heteroatoms. The summed E-state index contributed by atoms with van der Waals surface area (Å²) in [5.41, 5.74) is 0.138. The molecular weight excluding hydrogens is 202 g/mol. The second-order valence-corrected chi connectivity index (χ2v) is 4.44. The van der Waals surface area contributed by atoms with Gasteiger partial charge in [-0.1, -0.05) is 0 Å². The van der Waals surface area contributed by atoms with Crippen LogP contribution in [0, 0.1) is 0 Å². The zero-order valence-electron chi connectivity index (χ0n) is 8.64. The molecule has 15 heavy (non-hydrogen) atoms. The Morgan fingerprint density at radius 1 is 1.27 bits per heavy atom. The lowest BCUT2D eigenvalue weighted by Gasteiger charge is -2.39. The number of hydrogen-bond acceptors (Lipinski definition) is 2. The minimum atomic E-state index is -2.85. The van der Waals surface area contributed by atoms with Crippen LogP contribution in [0.2, 0.25) is 0 Å². The molecule has 0 atom stereocenters. The van der Waals surface area contributed by atoms with Crippen LogP contribution in [0.15, 0.2) is 0 Å². The van der Waals surface area contributed by atoms with Crippen molar-refractivity contribution in [3.8, 4) is 0 Å². The monoisotopic (exact) mass is 218 g/mol. The van der Waals surface area contributed by atoms with Crippen LogP contribution in [0.25, 0.3) is 0 Å². The number of carbonyl (C=O) groups excluding carboxylic acids is 1. The zero-order valence-corrected chi connectivity index (χ0v) is 8.64. The normalized spacial score (nSPS) is 25.1. The summed E-state index contributed by atoms with van der Waals surface area (Å²) in [6, 6.07) is 0. The highest BCUT2D eigenvalue weighted by Gasteiger charge is 2.38. The van der Waals surface area contributed by atoms with Gasteiger partial charge in [0.25, 0.3) is 5.91 Å². The summed E-state index contributed by atoms with van der Waals surface area (Å²) in [4.78, 5) is 12.3. The van der Waals surface area contributed by atoms with Crippen LogP contribution < -0.4 is 5.32 Å². The fourth-order valence-corrected chi connectivity index (χ4v) is 2.59. The predicted octanol–water partition coefficient (Wildman–Crippen LogP) is 0.996. The Balaban J connectivity index is 1.89. The molecule has 1 N–H and O–H groups in total. The number of carbonyl (C=O) groups is 1. The first-order valence-corrected chi connectivity index (χ1v) is 5.45. The van der Waals surface area contributed by atoms with E-state index in [-0.39, 0.29) is 5.54 Å². The Kier molecular flexibility index (Phi) is 2.91. The van der Waals surface area contributed by atoms with E-state index in [1.165, 1.54) is 4.90 Å². The van der Waals surface area contributed by atoms with Gasteiger partial charge in [0.15, 0.2) is 0 Å². The number of nitrogens with zero attached hydrogens (tertiary/aromatic N) is 1. The lowest BCUT2D eigenvalue weighted by molar-refractivity contribution is -0.144. The van der Waals surface area contributed by atoms with Crippen molar-refractivity contribution >= 4 is 5.91 Å². The molecule has 0 aromatic heterocycles. The van der Waals surface area contributed by atoms with Crippen LogP contribution in [0.3, 0.4) is 0 Å². The van der Waals surface area contributed by atoms with E-state index in [4.69, 9.17) is 0 Å². The molecule has 0 bridgehead atoms. The fraction of sp³-hybridized carbons (Fsp3) is 0.900.